The Labute approximate surface area is 114 Å². The van der Waals surface area contributed by atoms with Crippen molar-refractivity contribution in [2.75, 3.05) is 11.9 Å². The monoisotopic (exact) mass is 271 g/mol. The molecular weight excluding hydrogens is 248 g/mol. The van der Waals surface area contributed by atoms with E-state index in [0.29, 0.717) is 11.6 Å². The van der Waals surface area contributed by atoms with Crippen LogP contribution in [0.2, 0.25) is 0 Å². The summed E-state index contributed by atoms with van der Waals surface area (Å²) in [4.78, 5) is 0. The van der Waals surface area contributed by atoms with E-state index in [1.165, 1.54) is 12.8 Å². The molecule has 0 aliphatic heterocycles. The third-order valence-electron chi connectivity index (χ3n) is 3.23. The molecule has 0 amide bonds. The summed E-state index contributed by atoms with van der Waals surface area (Å²) in [5.74, 6) is 0.780. The third-order valence-corrected chi connectivity index (χ3v) is 3.23. The molecule has 0 heterocycles. The van der Waals surface area contributed by atoms with Crippen LogP contribution in [0.1, 0.15) is 39.5 Å². The van der Waals surface area contributed by atoms with Gasteiger partial charge in [0.25, 0.3) is 0 Å². The zero-order valence-corrected chi connectivity index (χ0v) is 11.7. The molecule has 0 aliphatic carbocycles. The Kier molecular flexibility index (Phi) is 7.23. The van der Waals surface area contributed by atoms with Crippen molar-refractivity contribution >= 4 is 5.69 Å². The zero-order valence-electron chi connectivity index (χ0n) is 11.7. The predicted octanol–water partition coefficient (Wildman–Crippen LogP) is 4.92. The Balaban J connectivity index is 2.55. The van der Waals surface area contributed by atoms with E-state index >= 15 is 0 Å². The largest absolute Gasteiger partial charge is 0.433 e. The number of halogens is 2. The fourth-order valence-corrected chi connectivity index (χ4v) is 2.01. The minimum Gasteiger partial charge on any atom is -0.433 e. The highest BCUT2D eigenvalue weighted by Gasteiger charge is 2.10. The van der Waals surface area contributed by atoms with E-state index in [0.717, 1.165) is 19.4 Å². The summed E-state index contributed by atoms with van der Waals surface area (Å²) in [7, 11) is 0. The minimum absolute atomic E-state index is 0.211. The SMILES string of the molecule is CCCCC(CC)CNc1ccccc1OC(F)F. The number of para-hydroxylation sites is 2. The average molecular weight is 271 g/mol. The van der Waals surface area contributed by atoms with Gasteiger partial charge in [0.15, 0.2) is 0 Å². The molecule has 1 aromatic carbocycles. The average Bonchev–Trinajstić information content (AvgIpc) is 2.40. The molecule has 0 saturated carbocycles. The van der Waals surface area contributed by atoms with Gasteiger partial charge in [-0.15, -0.1) is 0 Å². The van der Waals surface area contributed by atoms with E-state index < -0.39 is 6.61 Å². The molecule has 0 bridgehead atoms. The normalized spacial score (nSPS) is 12.5. The Morgan fingerprint density at radius 2 is 1.95 bits per heavy atom. The summed E-state index contributed by atoms with van der Waals surface area (Å²) < 4.78 is 29.1. The van der Waals surface area contributed by atoms with Gasteiger partial charge in [-0.1, -0.05) is 45.2 Å². The van der Waals surface area contributed by atoms with Gasteiger partial charge < -0.3 is 10.1 Å². The van der Waals surface area contributed by atoms with Crippen molar-refractivity contribution in [2.45, 2.75) is 46.1 Å². The van der Waals surface area contributed by atoms with Crippen molar-refractivity contribution < 1.29 is 13.5 Å². The number of benzene rings is 1. The van der Waals surface area contributed by atoms with Gasteiger partial charge in [0.2, 0.25) is 0 Å². The summed E-state index contributed by atoms with van der Waals surface area (Å²) >= 11 is 0. The third kappa shape index (κ3) is 5.90. The van der Waals surface area contributed by atoms with Gasteiger partial charge in [0.05, 0.1) is 5.69 Å². The van der Waals surface area contributed by atoms with Gasteiger partial charge in [-0.25, -0.2) is 0 Å². The summed E-state index contributed by atoms with van der Waals surface area (Å²) in [6, 6.07) is 6.83. The lowest BCUT2D eigenvalue weighted by atomic mass is 9.99. The molecule has 0 radical (unpaired) electrons. The molecule has 4 heteroatoms. The number of unbranched alkanes of at least 4 members (excludes halogenated alkanes) is 1. The zero-order chi connectivity index (χ0) is 14.1. The lowest BCUT2D eigenvalue weighted by Gasteiger charge is -2.18. The molecule has 0 fully saturated rings. The van der Waals surface area contributed by atoms with Gasteiger partial charge in [-0.05, 0) is 24.5 Å². The molecule has 1 rings (SSSR count). The van der Waals surface area contributed by atoms with Crippen molar-refractivity contribution in [3.05, 3.63) is 24.3 Å². The quantitative estimate of drug-likeness (QED) is 0.688. The number of hydrogen-bond acceptors (Lipinski definition) is 2. The summed E-state index contributed by atoms with van der Waals surface area (Å²) in [5.41, 5.74) is 0.637. The van der Waals surface area contributed by atoms with Gasteiger partial charge >= 0.3 is 6.61 Å². The second-order valence-electron chi connectivity index (χ2n) is 4.67. The molecule has 0 aliphatic rings. The summed E-state index contributed by atoms with van der Waals surface area (Å²) in [5, 5.41) is 3.22. The van der Waals surface area contributed by atoms with Crippen molar-refractivity contribution in [3.63, 3.8) is 0 Å². The maximum Gasteiger partial charge on any atom is 0.387 e. The van der Waals surface area contributed by atoms with E-state index in [-0.39, 0.29) is 5.75 Å². The Hall–Kier alpha value is -1.32. The van der Waals surface area contributed by atoms with Crippen LogP contribution >= 0.6 is 0 Å². The van der Waals surface area contributed by atoms with Crippen LogP contribution in [0.15, 0.2) is 24.3 Å². The fourth-order valence-electron chi connectivity index (χ4n) is 2.01. The van der Waals surface area contributed by atoms with Crippen LogP contribution in [0.25, 0.3) is 0 Å². The smallest absolute Gasteiger partial charge is 0.387 e. The molecule has 1 unspecified atom stereocenters. The predicted molar refractivity (Wildman–Crippen MR) is 74.9 cm³/mol. The number of hydrogen-bond donors (Lipinski definition) is 1. The first-order chi connectivity index (χ1) is 9.17. The van der Waals surface area contributed by atoms with Crippen LogP contribution in [0.5, 0.6) is 5.75 Å². The maximum absolute atomic E-state index is 12.3. The van der Waals surface area contributed by atoms with E-state index in [9.17, 15) is 8.78 Å². The molecule has 108 valence electrons. The van der Waals surface area contributed by atoms with Crippen molar-refractivity contribution in [2.24, 2.45) is 5.92 Å². The summed E-state index contributed by atoms with van der Waals surface area (Å²) in [6.07, 6.45) is 4.64. The van der Waals surface area contributed by atoms with Crippen LogP contribution < -0.4 is 10.1 Å². The highest BCUT2D eigenvalue weighted by Crippen LogP contribution is 2.26. The van der Waals surface area contributed by atoms with Crippen molar-refractivity contribution in [1.29, 1.82) is 0 Å². The first kappa shape index (κ1) is 15.7. The van der Waals surface area contributed by atoms with E-state index in [2.05, 4.69) is 23.9 Å². The molecule has 1 N–H and O–H groups in total. The first-order valence-corrected chi connectivity index (χ1v) is 6.95. The molecule has 1 aromatic rings. The lowest BCUT2D eigenvalue weighted by molar-refractivity contribution is -0.0493. The second kappa shape index (κ2) is 8.73. The van der Waals surface area contributed by atoms with Crippen LogP contribution in [-0.2, 0) is 0 Å². The molecule has 19 heavy (non-hydrogen) atoms. The summed E-state index contributed by atoms with van der Waals surface area (Å²) in [6.45, 7) is 2.33. The molecule has 0 spiro atoms. The Morgan fingerprint density at radius 1 is 1.21 bits per heavy atom. The standard InChI is InChI=1S/C15H23F2NO/c1-3-5-8-12(4-2)11-18-13-9-6-7-10-14(13)19-15(16)17/h6-7,9-10,12,15,18H,3-5,8,11H2,1-2H3. The number of alkyl halides is 2. The van der Waals surface area contributed by atoms with Crippen LogP contribution in [0.4, 0.5) is 14.5 Å². The Bertz CT molecular complexity index is 358. The maximum atomic E-state index is 12.3. The van der Waals surface area contributed by atoms with Gasteiger partial charge in [0.1, 0.15) is 5.75 Å². The number of ether oxygens (including phenoxy) is 1. The molecule has 0 saturated heterocycles. The minimum atomic E-state index is -2.79. The number of nitrogens with one attached hydrogen (secondary N) is 1. The highest BCUT2D eigenvalue weighted by molar-refractivity contribution is 5.56. The van der Waals surface area contributed by atoms with E-state index in [1.807, 2.05) is 6.07 Å². The van der Waals surface area contributed by atoms with Gasteiger partial charge in [-0.3, -0.25) is 0 Å². The number of anilines is 1. The second-order valence-corrected chi connectivity index (χ2v) is 4.67. The molecule has 0 aromatic heterocycles. The topological polar surface area (TPSA) is 21.3 Å². The highest BCUT2D eigenvalue weighted by atomic mass is 19.3. The fraction of sp³-hybridized carbons (Fsp3) is 0.600. The Morgan fingerprint density at radius 3 is 2.58 bits per heavy atom. The first-order valence-electron chi connectivity index (χ1n) is 6.95. The van der Waals surface area contributed by atoms with Crippen LogP contribution in [0.3, 0.4) is 0 Å². The van der Waals surface area contributed by atoms with Gasteiger partial charge in [-0.2, -0.15) is 8.78 Å². The van der Waals surface area contributed by atoms with Crippen molar-refractivity contribution in [1.82, 2.24) is 0 Å². The van der Waals surface area contributed by atoms with Crippen LogP contribution in [0, 0.1) is 5.92 Å². The van der Waals surface area contributed by atoms with E-state index in [1.54, 1.807) is 18.2 Å². The molecule has 2 nitrogen and oxygen atoms in total. The molecule has 1 atom stereocenters. The number of rotatable bonds is 9. The van der Waals surface area contributed by atoms with Crippen LogP contribution in [-0.4, -0.2) is 13.2 Å². The van der Waals surface area contributed by atoms with Gasteiger partial charge in [0, 0.05) is 6.54 Å². The van der Waals surface area contributed by atoms with E-state index in [4.69, 9.17) is 0 Å². The lowest BCUT2D eigenvalue weighted by Crippen LogP contribution is -2.15. The van der Waals surface area contributed by atoms with Crippen molar-refractivity contribution in [3.8, 4) is 5.75 Å². The molecular formula is C15H23F2NO.